The molecule has 2 aromatic heterocycles. The predicted molar refractivity (Wildman–Crippen MR) is 236 cm³/mol. The smallest absolute Gasteiger partial charge is 0.359 e. The first-order valence-corrected chi connectivity index (χ1v) is 20.0. The van der Waals surface area contributed by atoms with Crippen molar-refractivity contribution in [2.24, 2.45) is 0 Å². The lowest BCUT2D eigenvalue weighted by atomic mass is 10.0. The topological polar surface area (TPSA) is 188 Å². The van der Waals surface area contributed by atoms with E-state index in [0.717, 1.165) is 15.7 Å². The number of fused-ring (bicyclic) bond motifs is 2. The zero-order valence-electron chi connectivity index (χ0n) is 35.2. The van der Waals surface area contributed by atoms with E-state index in [4.69, 9.17) is 25.4 Å². The van der Waals surface area contributed by atoms with Crippen molar-refractivity contribution in [3.63, 3.8) is 0 Å². The summed E-state index contributed by atoms with van der Waals surface area (Å²) >= 11 is 3.44. The van der Waals surface area contributed by atoms with Crippen LogP contribution in [0, 0.1) is 24.2 Å². The number of esters is 2. The predicted octanol–water partition coefficient (Wildman–Crippen LogP) is 4.56. The van der Waals surface area contributed by atoms with Crippen molar-refractivity contribution >= 4 is 61.5 Å². The lowest BCUT2D eigenvalue weighted by Crippen LogP contribution is -2.37. The van der Waals surface area contributed by atoms with E-state index in [1.54, 1.807) is 80.1 Å². The highest BCUT2D eigenvalue weighted by Crippen LogP contribution is 2.29. The van der Waals surface area contributed by atoms with Gasteiger partial charge >= 0.3 is 11.9 Å². The molecule has 63 heavy (non-hydrogen) atoms. The standard InChI is InChI=1S/C23H21N3O5.C16H13BrN2O3.C7H9NO2/c1-25-12-11-23(29,22(25)28)10-9-15-5-4-6-16(13-15)26-19-14-17(30-2)7-8-18(19)20(24-26)21(27)31-3;1-21-12-6-7-13-14(9-12)19(18-15(13)16(20)22-2)11-5-3-4-10(17)8-11;1-3-7(10)4-5-8(2)6(7)9/h4-8,13-14,29H,11-12H2,1-3H3;3-9H,1-2H3;1,10H,4-5H2,2H3/t23-;;7-/m0.0/s1. The van der Waals surface area contributed by atoms with Gasteiger partial charge in [-0.3, -0.25) is 9.59 Å². The zero-order valence-corrected chi connectivity index (χ0v) is 36.8. The number of likely N-dealkylation sites (tertiary alicyclic amines) is 2. The van der Waals surface area contributed by atoms with E-state index in [2.05, 4.69) is 43.9 Å². The quantitative estimate of drug-likeness (QED) is 0.176. The van der Waals surface area contributed by atoms with Gasteiger partial charge in [-0.25, -0.2) is 19.0 Å². The maximum absolute atomic E-state index is 12.2. The number of carbonyl (C=O) groups is 4. The van der Waals surface area contributed by atoms with E-state index < -0.39 is 29.0 Å². The van der Waals surface area contributed by atoms with Crippen molar-refractivity contribution in [2.75, 3.05) is 55.6 Å². The largest absolute Gasteiger partial charge is 0.497 e. The number of likely N-dealkylation sites (N-methyl/N-ethyl adjacent to an activating group) is 2. The van der Waals surface area contributed by atoms with Crippen LogP contribution in [-0.2, 0) is 19.1 Å². The molecule has 2 amide bonds. The van der Waals surface area contributed by atoms with Crippen molar-refractivity contribution in [1.29, 1.82) is 0 Å². The van der Waals surface area contributed by atoms with Crippen molar-refractivity contribution < 1.29 is 48.3 Å². The van der Waals surface area contributed by atoms with Crippen molar-refractivity contribution in [3.05, 3.63) is 106 Å². The van der Waals surface area contributed by atoms with Gasteiger partial charge < -0.3 is 39.0 Å². The summed E-state index contributed by atoms with van der Waals surface area (Å²) in [4.78, 5) is 50.2. The minimum absolute atomic E-state index is 0.186. The Bertz CT molecular complexity index is 2860. The first-order chi connectivity index (χ1) is 30.1. The van der Waals surface area contributed by atoms with Gasteiger partial charge in [-0.2, -0.15) is 10.2 Å². The average Bonchev–Trinajstić information content (AvgIpc) is 4.03. The molecule has 2 aliphatic heterocycles. The highest BCUT2D eigenvalue weighted by atomic mass is 79.9. The van der Waals surface area contributed by atoms with E-state index in [9.17, 15) is 29.4 Å². The third-order valence-electron chi connectivity index (χ3n) is 10.3. The summed E-state index contributed by atoms with van der Waals surface area (Å²) in [6.07, 6.45) is 5.58. The molecule has 0 spiro atoms. The number of nitrogens with zero attached hydrogens (tertiary/aromatic N) is 6. The lowest BCUT2D eigenvalue weighted by Gasteiger charge is -2.13. The van der Waals surface area contributed by atoms with Gasteiger partial charge in [0.1, 0.15) is 11.5 Å². The van der Waals surface area contributed by atoms with Crippen LogP contribution in [0.1, 0.15) is 39.4 Å². The van der Waals surface area contributed by atoms with Gasteiger partial charge in [0.05, 0.1) is 50.8 Å². The van der Waals surface area contributed by atoms with Gasteiger partial charge in [-0.15, -0.1) is 6.42 Å². The van der Waals surface area contributed by atoms with Crippen molar-refractivity contribution in [2.45, 2.75) is 24.0 Å². The number of halogens is 1. The Morgan fingerprint density at radius 1 is 0.698 bits per heavy atom. The molecule has 2 N–H and O–H groups in total. The summed E-state index contributed by atoms with van der Waals surface area (Å²) in [6, 6.07) is 25.6. The maximum Gasteiger partial charge on any atom is 0.359 e. The third kappa shape index (κ3) is 9.36. The molecule has 8 rings (SSSR count). The number of hydrogen-bond donors (Lipinski definition) is 2. The molecule has 4 aromatic carbocycles. The monoisotopic (exact) mass is 918 g/mol. The second-order valence-corrected chi connectivity index (χ2v) is 15.3. The third-order valence-corrected chi connectivity index (χ3v) is 10.8. The minimum atomic E-state index is -1.67. The molecule has 0 radical (unpaired) electrons. The second-order valence-electron chi connectivity index (χ2n) is 14.4. The average molecular weight is 920 g/mol. The van der Waals surface area contributed by atoms with Crippen LogP contribution in [0.2, 0.25) is 0 Å². The zero-order chi connectivity index (χ0) is 45.6. The van der Waals surface area contributed by atoms with Gasteiger partial charge in [0, 0.05) is 73.0 Å². The molecule has 6 aromatic rings. The molecule has 16 nitrogen and oxygen atoms in total. The number of hydrogen-bond acceptors (Lipinski definition) is 12. The molecule has 0 bridgehead atoms. The Morgan fingerprint density at radius 2 is 1.17 bits per heavy atom. The van der Waals surface area contributed by atoms with E-state index >= 15 is 0 Å². The molecule has 0 unspecified atom stereocenters. The van der Waals surface area contributed by atoms with Gasteiger partial charge in [0.15, 0.2) is 11.4 Å². The number of amides is 2. The molecule has 0 aliphatic carbocycles. The summed E-state index contributed by atoms with van der Waals surface area (Å²) in [7, 11) is 9.07. The number of aliphatic hydroxyl groups is 2. The van der Waals surface area contributed by atoms with Gasteiger partial charge in [0.25, 0.3) is 11.8 Å². The maximum atomic E-state index is 12.2. The Balaban J connectivity index is 0.000000178. The Hall–Kier alpha value is -7.18. The summed E-state index contributed by atoms with van der Waals surface area (Å²) in [5.41, 5.74) is 0.799. The fourth-order valence-electron chi connectivity index (χ4n) is 6.79. The van der Waals surface area contributed by atoms with E-state index in [-0.39, 0.29) is 23.7 Å². The number of methoxy groups -OCH3 is 4. The number of carbonyl (C=O) groups excluding carboxylic acids is 4. The van der Waals surface area contributed by atoms with Gasteiger partial charge in [0.2, 0.25) is 11.2 Å². The number of terminal acetylenes is 1. The van der Waals surface area contributed by atoms with Crippen LogP contribution in [0.15, 0.2) is 89.4 Å². The molecular weight excluding hydrogens is 876 g/mol. The Morgan fingerprint density at radius 3 is 1.59 bits per heavy atom. The number of ether oxygens (including phenoxy) is 4. The molecule has 324 valence electrons. The summed E-state index contributed by atoms with van der Waals surface area (Å²) in [5, 5.41) is 30.0. The summed E-state index contributed by atoms with van der Waals surface area (Å²) < 4.78 is 24.5. The molecular formula is C46H43BrN6O10. The molecule has 2 aliphatic rings. The van der Waals surface area contributed by atoms with Crippen LogP contribution in [0.4, 0.5) is 0 Å². The first-order valence-electron chi connectivity index (χ1n) is 19.2. The van der Waals surface area contributed by atoms with Crippen molar-refractivity contribution in [1.82, 2.24) is 29.4 Å². The minimum Gasteiger partial charge on any atom is -0.497 e. The molecule has 4 heterocycles. The van der Waals surface area contributed by atoms with Gasteiger partial charge in [-0.1, -0.05) is 45.8 Å². The van der Waals surface area contributed by atoms with Crippen molar-refractivity contribution in [3.8, 4) is 47.1 Å². The van der Waals surface area contributed by atoms with Crippen LogP contribution < -0.4 is 9.47 Å². The highest BCUT2D eigenvalue weighted by Gasteiger charge is 2.43. The number of rotatable bonds is 6. The fraction of sp³-hybridized carbons (Fsp3) is 0.261. The van der Waals surface area contributed by atoms with Crippen LogP contribution in [0.3, 0.4) is 0 Å². The number of benzene rings is 4. The van der Waals surface area contributed by atoms with Gasteiger partial charge in [-0.05, 0) is 60.7 Å². The Kier molecular flexibility index (Phi) is 13.6. The second kappa shape index (κ2) is 18.8. The highest BCUT2D eigenvalue weighted by molar-refractivity contribution is 9.10. The Labute approximate surface area is 371 Å². The molecule has 17 heteroatoms. The van der Waals surface area contributed by atoms with Crippen LogP contribution in [0.25, 0.3) is 33.2 Å². The SMILES string of the molecule is C#C[C@]1(O)CCN(C)C1=O.COC(=O)c1nn(-c2cccc(Br)c2)c2cc(OC)ccc12.COC(=O)c1nn(-c2cccc(C#C[C@]3(O)CCN(C)C3=O)c2)c2cc(OC)ccc12. The summed E-state index contributed by atoms with van der Waals surface area (Å²) in [5.74, 6) is 7.22. The molecule has 2 fully saturated rings. The number of aromatic nitrogens is 4. The van der Waals surface area contributed by atoms with Crippen LogP contribution in [-0.4, -0.2) is 130 Å². The van der Waals surface area contributed by atoms with Crippen LogP contribution in [0.5, 0.6) is 11.5 Å². The van der Waals surface area contributed by atoms with E-state index in [1.807, 2.05) is 42.5 Å². The van der Waals surface area contributed by atoms with E-state index in [0.29, 0.717) is 58.5 Å². The molecule has 2 saturated heterocycles. The summed E-state index contributed by atoms with van der Waals surface area (Å²) in [6.45, 7) is 1.00. The first kappa shape index (κ1) is 45.3. The molecule has 0 saturated carbocycles. The molecule has 2 atom stereocenters. The normalized spacial score (nSPS) is 17.8. The van der Waals surface area contributed by atoms with Crippen LogP contribution >= 0.6 is 15.9 Å². The lowest BCUT2D eigenvalue weighted by molar-refractivity contribution is -0.138. The fourth-order valence-corrected chi connectivity index (χ4v) is 7.18. The van der Waals surface area contributed by atoms with E-state index in [1.165, 1.54) is 24.0 Å².